The van der Waals surface area contributed by atoms with Gasteiger partial charge in [-0.05, 0) is 36.2 Å². The van der Waals surface area contributed by atoms with E-state index in [1.54, 1.807) is 6.26 Å². The van der Waals surface area contributed by atoms with Gasteiger partial charge in [-0.3, -0.25) is 5.10 Å². The minimum absolute atomic E-state index is 0.609. The first-order chi connectivity index (χ1) is 12.3. The number of nitrogens with one attached hydrogen (secondary N) is 2. The van der Waals surface area contributed by atoms with Gasteiger partial charge in [0.15, 0.2) is 0 Å². The van der Waals surface area contributed by atoms with Crippen LogP contribution in [0.4, 0.5) is 5.95 Å². The zero-order valence-corrected chi connectivity index (χ0v) is 14.5. The van der Waals surface area contributed by atoms with Crippen LogP contribution in [0.25, 0.3) is 0 Å². The lowest BCUT2D eigenvalue weighted by atomic mass is 10.2. The molecule has 2 N–H and O–H groups in total. The van der Waals surface area contributed by atoms with Crippen molar-refractivity contribution < 1.29 is 9.15 Å². The second-order valence-corrected chi connectivity index (χ2v) is 5.88. The number of furan rings is 1. The standard InChI is InChI=1S/C19H24N4O2/c1-2-3-12-24-17-8-6-15(7-9-17)14-20-19-21-18(22-23-19)11-10-16-5-4-13-25-16/h4-9,13H,2-3,10-12,14H2,1H3,(H2,20,21,22,23). The van der Waals surface area contributed by atoms with Crippen molar-refractivity contribution in [3.63, 3.8) is 0 Å². The summed E-state index contributed by atoms with van der Waals surface area (Å²) in [6.07, 6.45) is 5.48. The number of ether oxygens (including phenoxy) is 1. The zero-order chi connectivity index (χ0) is 17.3. The summed E-state index contributed by atoms with van der Waals surface area (Å²) in [5.41, 5.74) is 1.16. The maximum absolute atomic E-state index is 5.67. The summed E-state index contributed by atoms with van der Waals surface area (Å²) in [5.74, 6) is 3.32. The number of hydrogen-bond donors (Lipinski definition) is 2. The summed E-state index contributed by atoms with van der Waals surface area (Å²) >= 11 is 0. The maximum atomic E-state index is 5.67. The number of nitrogens with zero attached hydrogens (tertiary/aromatic N) is 2. The first kappa shape index (κ1) is 17.1. The van der Waals surface area contributed by atoms with Crippen molar-refractivity contribution in [3.05, 3.63) is 59.8 Å². The van der Waals surface area contributed by atoms with Crippen LogP contribution in [-0.4, -0.2) is 21.8 Å². The number of anilines is 1. The van der Waals surface area contributed by atoms with E-state index in [4.69, 9.17) is 9.15 Å². The fourth-order valence-corrected chi connectivity index (χ4v) is 2.40. The Morgan fingerprint density at radius 3 is 2.80 bits per heavy atom. The number of unbranched alkanes of at least 4 members (excludes halogenated alkanes) is 1. The lowest BCUT2D eigenvalue weighted by molar-refractivity contribution is 0.309. The topological polar surface area (TPSA) is 76.0 Å². The monoisotopic (exact) mass is 340 g/mol. The van der Waals surface area contributed by atoms with E-state index < -0.39 is 0 Å². The smallest absolute Gasteiger partial charge is 0.242 e. The van der Waals surface area contributed by atoms with Crippen molar-refractivity contribution in [3.8, 4) is 5.75 Å². The van der Waals surface area contributed by atoms with E-state index in [0.29, 0.717) is 12.5 Å². The Balaban J connectivity index is 1.43. The van der Waals surface area contributed by atoms with Crippen LogP contribution in [-0.2, 0) is 19.4 Å². The summed E-state index contributed by atoms with van der Waals surface area (Å²) in [5, 5.41) is 10.4. The lowest BCUT2D eigenvalue weighted by Crippen LogP contribution is -2.02. The van der Waals surface area contributed by atoms with Crippen LogP contribution >= 0.6 is 0 Å². The molecule has 0 saturated carbocycles. The van der Waals surface area contributed by atoms with Gasteiger partial charge in [-0.25, -0.2) is 0 Å². The van der Waals surface area contributed by atoms with E-state index in [1.807, 2.05) is 24.3 Å². The molecule has 3 rings (SSSR count). The molecular formula is C19H24N4O2. The van der Waals surface area contributed by atoms with Crippen LogP contribution in [0.15, 0.2) is 47.1 Å². The second-order valence-electron chi connectivity index (χ2n) is 5.88. The molecule has 1 aromatic carbocycles. The van der Waals surface area contributed by atoms with Crippen molar-refractivity contribution in [2.45, 2.75) is 39.2 Å². The summed E-state index contributed by atoms with van der Waals surface area (Å²) in [7, 11) is 0. The Hall–Kier alpha value is -2.76. The third-order valence-electron chi connectivity index (χ3n) is 3.86. The Labute approximate surface area is 147 Å². The number of aryl methyl sites for hydroxylation is 2. The van der Waals surface area contributed by atoms with Crippen molar-refractivity contribution in [2.75, 3.05) is 11.9 Å². The molecule has 2 heterocycles. The highest BCUT2D eigenvalue weighted by Crippen LogP contribution is 2.14. The molecule has 6 nitrogen and oxygen atoms in total. The Morgan fingerprint density at radius 2 is 2.04 bits per heavy atom. The van der Waals surface area contributed by atoms with Crippen LogP contribution < -0.4 is 10.1 Å². The summed E-state index contributed by atoms with van der Waals surface area (Å²) in [6.45, 7) is 3.60. The molecule has 2 aromatic heterocycles. The Kier molecular flexibility index (Phi) is 6.09. The van der Waals surface area contributed by atoms with Crippen LogP contribution in [0.2, 0.25) is 0 Å². The third kappa shape index (κ3) is 5.38. The van der Waals surface area contributed by atoms with Gasteiger partial charge in [0.1, 0.15) is 17.3 Å². The first-order valence-corrected chi connectivity index (χ1v) is 8.73. The average molecular weight is 340 g/mol. The Bertz CT molecular complexity index is 735. The molecule has 6 heteroatoms. The van der Waals surface area contributed by atoms with Gasteiger partial charge in [0.2, 0.25) is 5.95 Å². The molecule has 0 spiro atoms. The largest absolute Gasteiger partial charge is 0.494 e. The zero-order valence-electron chi connectivity index (χ0n) is 14.5. The molecule has 0 bridgehead atoms. The van der Waals surface area contributed by atoms with E-state index >= 15 is 0 Å². The van der Waals surface area contributed by atoms with Gasteiger partial charge in [0, 0.05) is 19.4 Å². The van der Waals surface area contributed by atoms with Gasteiger partial charge < -0.3 is 14.5 Å². The van der Waals surface area contributed by atoms with Gasteiger partial charge >= 0.3 is 0 Å². The van der Waals surface area contributed by atoms with Crippen LogP contribution in [0, 0.1) is 0 Å². The first-order valence-electron chi connectivity index (χ1n) is 8.73. The predicted octanol–water partition coefficient (Wildman–Crippen LogP) is 3.97. The van der Waals surface area contributed by atoms with Gasteiger partial charge in [0.05, 0.1) is 12.9 Å². The van der Waals surface area contributed by atoms with Crippen molar-refractivity contribution >= 4 is 5.95 Å². The minimum atomic E-state index is 0.609. The molecule has 0 fully saturated rings. The second kappa shape index (κ2) is 8.92. The summed E-state index contributed by atoms with van der Waals surface area (Å²) < 4.78 is 11.0. The van der Waals surface area contributed by atoms with Gasteiger partial charge in [-0.2, -0.15) is 4.98 Å². The van der Waals surface area contributed by atoms with Crippen molar-refractivity contribution in [1.29, 1.82) is 0 Å². The molecule has 0 atom stereocenters. The SMILES string of the molecule is CCCCOc1ccc(CNc2n[nH]c(CCc3ccco3)n2)cc1. The normalized spacial score (nSPS) is 10.8. The maximum Gasteiger partial charge on any atom is 0.242 e. The Morgan fingerprint density at radius 1 is 1.16 bits per heavy atom. The molecule has 132 valence electrons. The molecule has 0 aliphatic carbocycles. The van der Waals surface area contributed by atoms with Gasteiger partial charge in [0.25, 0.3) is 0 Å². The van der Waals surface area contributed by atoms with Crippen molar-refractivity contribution in [2.24, 2.45) is 0 Å². The number of H-pyrrole nitrogens is 1. The number of hydrogen-bond acceptors (Lipinski definition) is 5. The van der Waals surface area contributed by atoms with E-state index in [-0.39, 0.29) is 0 Å². The van der Waals surface area contributed by atoms with E-state index in [1.165, 1.54) is 0 Å². The minimum Gasteiger partial charge on any atom is -0.494 e. The van der Waals surface area contributed by atoms with Crippen LogP contribution in [0.3, 0.4) is 0 Å². The van der Waals surface area contributed by atoms with E-state index in [9.17, 15) is 0 Å². The van der Waals surface area contributed by atoms with Crippen LogP contribution in [0.1, 0.15) is 36.9 Å². The van der Waals surface area contributed by atoms with Crippen molar-refractivity contribution in [1.82, 2.24) is 15.2 Å². The molecule has 0 amide bonds. The van der Waals surface area contributed by atoms with Gasteiger partial charge in [-0.15, -0.1) is 5.10 Å². The number of aromatic nitrogens is 3. The molecule has 0 aliphatic rings. The average Bonchev–Trinajstić information content (AvgIpc) is 3.31. The fourth-order valence-electron chi connectivity index (χ4n) is 2.40. The molecular weight excluding hydrogens is 316 g/mol. The summed E-state index contributed by atoms with van der Waals surface area (Å²) in [6, 6.07) is 12.0. The highest BCUT2D eigenvalue weighted by atomic mass is 16.5. The summed E-state index contributed by atoms with van der Waals surface area (Å²) in [4.78, 5) is 4.45. The molecule has 0 radical (unpaired) electrons. The molecule has 0 saturated heterocycles. The predicted molar refractivity (Wildman–Crippen MR) is 96.7 cm³/mol. The molecule has 0 unspecified atom stereocenters. The highest BCUT2D eigenvalue weighted by Gasteiger charge is 2.05. The molecule has 3 aromatic rings. The van der Waals surface area contributed by atoms with Crippen LogP contribution in [0.5, 0.6) is 5.75 Å². The quantitative estimate of drug-likeness (QED) is 0.546. The number of aromatic amines is 1. The third-order valence-corrected chi connectivity index (χ3v) is 3.86. The number of benzene rings is 1. The number of rotatable bonds is 10. The van der Waals surface area contributed by atoms with E-state index in [2.05, 4.69) is 39.6 Å². The van der Waals surface area contributed by atoms with Gasteiger partial charge in [-0.1, -0.05) is 25.5 Å². The fraction of sp³-hybridized carbons (Fsp3) is 0.368. The highest BCUT2D eigenvalue weighted by molar-refractivity contribution is 5.31. The molecule has 25 heavy (non-hydrogen) atoms. The molecule has 0 aliphatic heterocycles. The lowest BCUT2D eigenvalue weighted by Gasteiger charge is -2.06. The van der Waals surface area contributed by atoms with E-state index in [0.717, 1.165) is 55.2 Å².